The quantitative estimate of drug-likeness (QED) is 0.565. The smallest absolute Gasteiger partial charge is 0.123 e. The van der Waals surface area contributed by atoms with Gasteiger partial charge in [0.05, 0.1) is 37.5 Å². The Labute approximate surface area is 116 Å². The summed E-state index contributed by atoms with van der Waals surface area (Å²) in [6.07, 6.45) is -1.58. The number of halogens is 1. The first kappa shape index (κ1) is 15.3. The van der Waals surface area contributed by atoms with Crippen molar-refractivity contribution >= 4 is 0 Å². The van der Waals surface area contributed by atoms with Crippen LogP contribution in [0, 0.1) is 5.82 Å². The predicted octanol–water partition coefficient (Wildman–Crippen LogP) is -0.873. The molecular formula is C14H20FNO4. The molecule has 0 bridgehead atoms. The number of likely N-dealkylation sites (tertiary alicyclic amines) is 1. The van der Waals surface area contributed by atoms with E-state index in [1.807, 2.05) is 0 Å². The van der Waals surface area contributed by atoms with Crippen LogP contribution in [0.3, 0.4) is 0 Å². The zero-order valence-electron chi connectivity index (χ0n) is 11.1. The Bertz CT molecular complexity index is 412. The van der Waals surface area contributed by atoms with Crippen LogP contribution in [0.25, 0.3) is 0 Å². The molecule has 1 aromatic carbocycles. The summed E-state index contributed by atoms with van der Waals surface area (Å²) in [6, 6.07) is 4.89. The van der Waals surface area contributed by atoms with Gasteiger partial charge >= 0.3 is 0 Å². The summed E-state index contributed by atoms with van der Waals surface area (Å²) in [5, 5.41) is 38.4. The Kier molecular flexibility index (Phi) is 5.06. The summed E-state index contributed by atoms with van der Waals surface area (Å²) < 4.78 is 12.8. The predicted molar refractivity (Wildman–Crippen MR) is 70.6 cm³/mol. The molecule has 112 valence electrons. The third-order valence-electron chi connectivity index (χ3n) is 3.94. The standard InChI is InChI=1S/C14H20FNO4/c15-10-3-1-9(2-4-10)5-6-16-11(7-17)13(19)14(20)12(16)8-18/h1-4,11-14,17-20H,5-8H2. The van der Waals surface area contributed by atoms with Crippen LogP contribution in [0.1, 0.15) is 5.56 Å². The molecule has 1 aliphatic rings. The van der Waals surface area contributed by atoms with E-state index in [4.69, 9.17) is 0 Å². The first-order valence-corrected chi connectivity index (χ1v) is 6.66. The molecule has 1 aromatic rings. The highest BCUT2D eigenvalue weighted by atomic mass is 19.1. The number of aliphatic hydroxyl groups is 4. The first-order valence-electron chi connectivity index (χ1n) is 6.66. The molecule has 1 heterocycles. The van der Waals surface area contributed by atoms with Crippen molar-refractivity contribution in [1.29, 1.82) is 0 Å². The number of hydrogen-bond donors (Lipinski definition) is 4. The van der Waals surface area contributed by atoms with Crippen molar-refractivity contribution in [3.05, 3.63) is 35.6 Å². The normalized spacial score (nSPS) is 30.9. The third-order valence-corrected chi connectivity index (χ3v) is 3.94. The molecule has 2 rings (SSSR count). The van der Waals surface area contributed by atoms with Gasteiger partial charge in [0.15, 0.2) is 0 Å². The summed E-state index contributed by atoms with van der Waals surface area (Å²) in [6.45, 7) is -0.132. The number of aliphatic hydroxyl groups excluding tert-OH is 4. The molecule has 4 atom stereocenters. The lowest BCUT2D eigenvalue weighted by atomic mass is 10.1. The van der Waals surface area contributed by atoms with Gasteiger partial charge in [0.25, 0.3) is 0 Å². The number of benzene rings is 1. The molecule has 6 heteroatoms. The lowest BCUT2D eigenvalue weighted by molar-refractivity contribution is 0.0130. The first-order chi connectivity index (χ1) is 9.58. The van der Waals surface area contributed by atoms with E-state index in [9.17, 15) is 24.8 Å². The molecule has 1 fully saturated rings. The van der Waals surface area contributed by atoms with E-state index in [0.717, 1.165) is 5.56 Å². The van der Waals surface area contributed by atoms with E-state index < -0.39 is 24.3 Å². The van der Waals surface area contributed by atoms with Crippen molar-refractivity contribution in [3.63, 3.8) is 0 Å². The average molecular weight is 285 g/mol. The monoisotopic (exact) mass is 285 g/mol. The average Bonchev–Trinajstić information content (AvgIpc) is 2.69. The van der Waals surface area contributed by atoms with Crippen LogP contribution in [0.5, 0.6) is 0 Å². The second-order valence-corrected chi connectivity index (χ2v) is 5.10. The van der Waals surface area contributed by atoms with E-state index >= 15 is 0 Å². The second kappa shape index (κ2) is 6.60. The van der Waals surface area contributed by atoms with Gasteiger partial charge in [-0.25, -0.2) is 4.39 Å². The van der Waals surface area contributed by atoms with Crippen molar-refractivity contribution in [3.8, 4) is 0 Å². The lowest BCUT2D eigenvalue weighted by Gasteiger charge is -2.28. The summed E-state index contributed by atoms with van der Waals surface area (Å²) in [4.78, 5) is 1.71. The van der Waals surface area contributed by atoms with Crippen LogP contribution in [0.15, 0.2) is 24.3 Å². The van der Waals surface area contributed by atoms with Gasteiger partial charge in [-0.2, -0.15) is 0 Å². The van der Waals surface area contributed by atoms with E-state index in [-0.39, 0.29) is 19.0 Å². The molecule has 0 amide bonds. The molecular weight excluding hydrogens is 265 g/mol. The van der Waals surface area contributed by atoms with E-state index in [1.165, 1.54) is 12.1 Å². The molecule has 0 aromatic heterocycles. The van der Waals surface area contributed by atoms with Gasteiger partial charge in [0, 0.05) is 6.54 Å². The van der Waals surface area contributed by atoms with Crippen molar-refractivity contribution in [2.45, 2.75) is 30.7 Å². The zero-order valence-corrected chi connectivity index (χ0v) is 11.1. The highest BCUT2D eigenvalue weighted by Crippen LogP contribution is 2.25. The van der Waals surface area contributed by atoms with Crippen molar-refractivity contribution < 1.29 is 24.8 Å². The molecule has 20 heavy (non-hydrogen) atoms. The van der Waals surface area contributed by atoms with Gasteiger partial charge in [-0.1, -0.05) is 12.1 Å². The molecule has 4 N–H and O–H groups in total. The number of nitrogens with zero attached hydrogens (tertiary/aromatic N) is 1. The maximum Gasteiger partial charge on any atom is 0.123 e. The van der Waals surface area contributed by atoms with Crippen LogP contribution in [0.4, 0.5) is 4.39 Å². The molecule has 0 radical (unpaired) electrons. The Balaban J connectivity index is 2.03. The van der Waals surface area contributed by atoms with Gasteiger partial charge in [-0.05, 0) is 24.1 Å². The van der Waals surface area contributed by atoms with Crippen molar-refractivity contribution in [2.24, 2.45) is 0 Å². The molecule has 0 saturated carbocycles. The minimum absolute atomic E-state index is 0.294. The van der Waals surface area contributed by atoms with E-state index in [2.05, 4.69) is 0 Å². The molecule has 0 spiro atoms. The Morgan fingerprint density at radius 3 is 1.90 bits per heavy atom. The topological polar surface area (TPSA) is 84.2 Å². The fourth-order valence-electron chi connectivity index (χ4n) is 2.76. The molecule has 1 aliphatic heterocycles. The Hall–Kier alpha value is -1.05. The molecule has 1 saturated heterocycles. The van der Waals surface area contributed by atoms with Gasteiger partial charge in [0.1, 0.15) is 5.82 Å². The Morgan fingerprint density at radius 2 is 1.45 bits per heavy atom. The third kappa shape index (κ3) is 2.99. The lowest BCUT2D eigenvalue weighted by Crippen LogP contribution is -2.44. The van der Waals surface area contributed by atoms with Crippen LogP contribution in [0.2, 0.25) is 0 Å². The van der Waals surface area contributed by atoms with Gasteiger partial charge in [-0.3, -0.25) is 4.90 Å². The fraction of sp³-hybridized carbons (Fsp3) is 0.571. The summed E-state index contributed by atoms with van der Waals surface area (Å²) >= 11 is 0. The zero-order chi connectivity index (χ0) is 14.7. The van der Waals surface area contributed by atoms with E-state index in [0.29, 0.717) is 13.0 Å². The SMILES string of the molecule is OCC1C(O)C(O)C(CO)N1CCc1ccc(F)cc1. The van der Waals surface area contributed by atoms with Crippen molar-refractivity contribution in [1.82, 2.24) is 4.90 Å². The minimum Gasteiger partial charge on any atom is -0.395 e. The van der Waals surface area contributed by atoms with Gasteiger partial charge in [0.2, 0.25) is 0 Å². The van der Waals surface area contributed by atoms with Crippen LogP contribution in [-0.2, 0) is 6.42 Å². The fourth-order valence-corrected chi connectivity index (χ4v) is 2.76. The number of rotatable bonds is 5. The van der Waals surface area contributed by atoms with Crippen molar-refractivity contribution in [2.75, 3.05) is 19.8 Å². The Morgan fingerprint density at radius 1 is 0.950 bits per heavy atom. The number of hydrogen-bond acceptors (Lipinski definition) is 5. The molecule has 5 nitrogen and oxygen atoms in total. The highest BCUT2D eigenvalue weighted by molar-refractivity contribution is 5.16. The maximum absolute atomic E-state index is 12.8. The van der Waals surface area contributed by atoms with Crippen LogP contribution >= 0.6 is 0 Å². The largest absolute Gasteiger partial charge is 0.395 e. The molecule has 4 unspecified atom stereocenters. The highest BCUT2D eigenvalue weighted by Gasteiger charge is 2.46. The maximum atomic E-state index is 12.8. The van der Waals surface area contributed by atoms with Gasteiger partial charge in [-0.15, -0.1) is 0 Å². The van der Waals surface area contributed by atoms with Crippen LogP contribution in [-0.4, -0.2) is 69.4 Å². The summed E-state index contributed by atoms with van der Waals surface area (Å²) in [7, 11) is 0. The second-order valence-electron chi connectivity index (χ2n) is 5.10. The minimum atomic E-state index is -1.08. The summed E-state index contributed by atoms with van der Waals surface area (Å²) in [5.74, 6) is -0.303. The molecule has 0 aliphatic carbocycles. The van der Waals surface area contributed by atoms with Gasteiger partial charge < -0.3 is 20.4 Å². The van der Waals surface area contributed by atoms with E-state index in [1.54, 1.807) is 17.0 Å². The van der Waals surface area contributed by atoms with Crippen LogP contribution < -0.4 is 0 Å². The summed E-state index contributed by atoms with van der Waals surface area (Å²) in [5.41, 5.74) is 0.913.